The number of hydrogen-bond donors (Lipinski definition) is 1. The van der Waals surface area contributed by atoms with Gasteiger partial charge in [-0.3, -0.25) is 14.9 Å². The summed E-state index contributed by atoms with van der Waals surface area (Å²) in [5, 5.41) is 6.62. The number of dihydropyridines is 1. The van der Waals surface area contributed by atoms with E-state index in [0.717, 1.165) is 11.1 Å². The minimum absolute atomic E-state index is 0.0400. The van der Waals surface area contributed by atoms with E-state index in [1.807, 2.05) is 13.0 Å². The Kier molecular flexibility index (Phi) is 2.49. The molecule has 0 bridgehead atoms. The Hall–Kier alpha value is -1.71. The number of carbonyl (C=O) groups is 1. The highest BCUT2D eigenvalue weighted by Crippen LogP contribution is 2.22. The van der Waals surface area contributed by atoms with E-state index in [0.29, 0.717) is 0 Å². The topological polar surface area (TPSA) is 58.1 Å². The molecule has 1 N–H and O–H groups in total. The number of ketones is 1. The standard InChI is InChI=1S/C11H13N3O/c1-7-11(8(2)15)3-9(4-12-7)10-5-13-14-6-10/h3-7,11H,1-2H3,(H,13,14). The lowest BCUT2D eigenvalue weighted by molar-refractivity contribution is -0.119. The fourth-order valence-electron chi connectivity index (χ4n) is 1.70. The Labute approximate surface area is 88.1 Å². The van der Waals surface area contributed by atoms with Crippen LogP contribution in [0.3, 0.4) is 0 Å². The lowest BCUT2D eigenvalue weighted by Crippen LogP contribution is -2.23. The molecule has 78 valence electrons. The highest BCUT2D eigenvalue weighted by atomic mass is 16.1. The van der Waals surface area contributed by atoms with Crippen molar-refractivity contribution in [3.05, 3.63) is 24.0 Å². The summed E-state index contributed by atoms with van der Waals surface area (Å²) in [5.41, 5.74) is 1.93. The number of rotatable bonds is 2. The van der Waals surface area contributed by atoms with Gasteiger partial charge in [0.25, 0.3) is 0 Å². The zero-order valence-corrected chi connectivity index (χ0v) is 8.77. The van der Waals surface area contributed by atoms with Gasteiger partial charge in [0.05, 0.1) is 18.2 Å². The van der Waals surface area contributed by atoms with Gasteiger partial charge in [-0.25, -0.2) is 0 Å². The monoisotopic (exact) mass is 203 g/mol. The summed E-state index contributed by atoms with van der Waals surface area (Å²) in [5.74, 6) is 0.0419. The van der Waals surface area contributed by atoms with Crippen LogP contribution in [-0.4, -0.2) is 28.2 Å². The molecule has 0 aromatic carbocycles. The molecule has 0 fully saturated rings. The lowest BCUT2D eigenvalue weighted by Gasteiger charge is -2.19. The molecule has 2 atom stereocenters. The SMILES string of the molecule is CC(=O)C1C=C(c2cn[nH]c2)C=NC1C. The summed E-state index contributed by atoms with van der Waals surface area (Å²) < 4.78 is 0. The number of allylic oxidation sites excluding steroid dienone is 1. The third-order valence-corrected chi connectivity index (χ3v) is 2.63. The number of aromatic nitrogens is 2. The first kappa shape index (κ1) is 9.83. The van der Waals surface area contributed by atoms with Crippen molar-refractivity contribution in [2.24, 2.45) is 10.9 Å². The van der Waals surface area contributed by atoms with Gasteiger partial charge in [0.1, 0.15) is 5.78 Å². The average Bonchev–Trinajstić information content (AvgIpc) is 2.71. The Bertz CT molecular complexity index is 417. The summed E-state index contributed by atoms with van der Waals surface area (Å²) in [7, 11) is 0. The molecule has 4 heteroatoms. The number of nitrogens with zero attached hydrogens (tertiary/aromatic N) is 2. The predicted octanol–water partition coefficient (Wildman–Crippen LogP) is 1.47. The van der Waals surface area contributed by atoms with Crippen LogP contribution in [0.2, 0.25) is 0 Å². The highest BCUT2D eigenvalue weighted by molar-refractivity contribution is 6.11. The van der Waals surface area contributed by atoms with Gasteiger partial charge < -0.3 is 0 Å². The van der Waals surface area contributed by atoms with Crippen LogP contribution in [0.25, 0.3) is 5.57 Å². The minimum Gasteiger partial charge on any atom is -0.299 e. The van der Waals surface area contributed by atoms with Gasteiger partial charge >= 0.3 is 0 Å². The van der Waals surface area contributed by atoms with Crippen molar-refractivity contribution in [2.75, 3.05) is 0 Å². The quantitative estimate of drug-likeness (QED) is 0.791. The first-order chi connectivity index (χ1) is 7.18. The first-order valence-electron chi connectivity index (χ1n) is 4.93. The minimum atomic E-state index is -0.111. The van der Waals surface area contributed by atoms with E-state index < -0.39 is 0 Å². The maximum absolute atomic E-state index is 11.4. The van der Waals surface area contributed by atoms with Crippen LogP contribution in [-0.2, 0) is 4.79 Å². The summed E-state index contributed by atoms with van der Waals surface area (Å²) in [6, 6.07) is 0.0400. The van der Waals surface area contributed by atoms with Crippen molar-refractivity contribution in [3.63, 3.8) is 0 Å². The van der Waals surface area contributed by atoms with Crippen LogP contribution in [0.4, 0.5) is 0 Å². The second kappa shape index (κ2) is 3.81. The maximum Gasteiger partial charge on any atom is 0.138 e. The summed E-state index contributed by atoms with van der Waals surface area (Å²) in [4.78, 5) is 15.7. The number of hydrogen-bond acceptors (Lipinski definition) is 3. The summed E-state index contributed by atoms with van der Waals surface area (Å²) >= 11 is 0. The molecule has 0 spiro atoms. The van der Waals surface area contributed by atoms with E-state index in [9.17, 15) is 4.79 Å². The van der Waals surface area contributed by atoms with Gasteiger partial charge in [0.15, 0.2) is 0 Å². The molecule has 2 heterocycles. The fraction of sp³-hybridized carbons (Fsp3) is 0.364. The zero-order chi connectivity index (χ0) is 10.8. The van der Waals surface area contributed by atoms with Crippen molar-refractivity contribution in [3.8, 4) is 0 Å². The molecule has 2 unspecified atom stereocenters. The van der Waals surface area contributed by atoms with Crippen molar-refractivity contribution in [1.82, 2.24) is 10.2 Å². The molecule has 1 aromatic heterocycles. The van der Waals surface area contributed by atoms with Crippen LogP contribution in [0.5, 0.6) is 0 Å². The third-order valence-electron chi connectivity index (χ3n) is 2.63. The van der Waals surface area contributed by atoms with E-state index >= 15 is 0 Å². The number of aromatic amines is 1. The number of aliphatic imine (C=N–C) groups is 1. The second-order valence-corrected chi connectivity index (χ2v) is 3.76. The van der Waals surface area contributed by atoms with Crippen molar-refractivity contribution >= 4 is 17.6 Å². The van der Waals surface area contributed by atoms with E-state index in [1.165, 1.54) is 0 Å². The molecule has 0 aliphatic carbocycles. The van der Waals surface area contributed by atoms with Gasteiger partial charge in [0.2, 0.25) is 0 Å². The van der Waals surface area contributed by atoms with Crippen LogP contribution in [0.1, 0.15) is 19.4 Å². The molecular formula is C11H13N3O. The summed E-state index contributed by atoms with van der Waals surface area (Å²) in [6.45, 7) is 3.55. The second-order valence-electron chi connectivity index (χ2n) is 3.76. The van der Waals surface area contributed by atoms with Crippen LogP contribution < -0.4 is 0 Å². The van der Waals surface area contributed by atoms with E-state index in [2.05, 4.69) is 15.2 Å². The van der Waals surface area contributed by atoms with Crippen molar-refractivity contribution in [1.29, 1.82) is 0 Å². The Morgan fingerprint density at radius 3 is 2.93 bits per heavy atom. The van der Waals surface area contributed by atoms with Gasteiger partial charge in [0, 0.05) is 18.0 Å². The normalized spacial score (nSPS) is 25.1. The average molecular weight is 203 g/mol. The Morgan fingerprint density at radius 1 is 1.53 bits per heavy atom. The van der Waals surface area contributed by atoms with Gasteiger partial charge in [-0.15, -0.1) is 0 Å². The Balaban J connectivity index is 2.32. The van der Waals surface area contributed by atoms with Gasteiger partial charge in [-0.1, -0.05) is 6.08 Å². The van der Waals surface area contributed by atoms with E-state index in [4.69, 9.17) is 0 Å². The van der Waals surface area contributed by atoms with E-state index in [-0.39, 0.29) is 17.7 Å². The van der Waals surface area contributed by atoms with Crippen LogP contribution in [0.15, 0.2) is 23.5 Å². The molecule has 0 radical (unpaired) electrons. The lowest BCUT2D eigenvalue weighted by atomic mass is 9.91. The van der Waals surface area contributed by atoms with Gasteiger partial charge in [-0.05, 0) is 19.4 Å². The number of carbonyl (C=O) groups excluding carboxylic acids is 1. The number of Topliss-reactive ketones (excluding diaryl/α,β-unsaturated/α-hetero) is 1. The first-order valence-corrected chi connectivity index (χ1v) is 4.93. The molecule has 2 rings (SSSR count). The molecule has 15 heavy (non-hydrogen) atoms. The molecule has 1 aromatic rings. The molecule has 1 aliphatic rings. The van der Waals surface area contributed by atoms with Gasteiger partial charge in [-0.2, -0.15) is 5.10 Å². The van der Waals surface area contributed by atoms with E-state index in [1.54, 1.807) is 25.5 Å². The summed E-state index contributed by atoms with van der Waals surface area (Å²) in [6.07, 6.45) is 7.29. The van der Waals surface area contributed by atoms with Crippen LogP contribution >= 0.6 is 0 Å². The molecule has 0 saturated carbocycles. The largest absolute Gasteiger partial charge is 0.299 e. The highest BCUT2D eigenvalue weighted by Gasteiger charge is 2.22. The Morgan fingerprint density at radius 2 is 2.33 bits per heavy atom. The predicted molar refractivity (Wildman–Crippen MR) is 58.7 cm³/mol. The number of nitrogens with one attached hydrogen (secondary N) is 1. The molecule has 0 saturated heterocycles. The van der Waals surface area contributed by atoms with Crippen molar-refractivity contribution in [2.45, 2.75) is 19.9 Å². The third kappa shape index (κ3) is 1.88. The smallest absolute Gasteiger partial charge is 0.138 e. The maximum atomic E-state index is 11.4. The van der Waals surface area contributed by atoms with Crippen LogP contribution in [0, 0.1) is 5.92 Å². The van der Waals surface area contributed by atoms with Crippen molar-refractivity contribution < 1.29 is 4.79 Å². The molecule has 0 amide bonds. The zero-order valence-electron chi connectivity index (χ0n) is 8.77. The fourth-order valence-corrected chi connectivity index (χ4v) is 1.70. The molecular weight excluding hydrogens is 190 g/mol. The number of H-pyrrole nitrogens is 1. The molecule has 4 nitrogen and oxygen atoms in total. The molecule has 1 aliphatic heterocycles.